The number of benzene rings is 2. The van der Waals surface area contributed by atoms with Crippen LogP contribution in [0.4, 0.5) is 0 Å². The summed E-state index contributed by atoms with van der Waals surface area (Å²) in [5, 5.41) is 19.4. The Morgan fingerprint density at radius 1 is 1.22 bits per heavy atom. The van der Waals surface area contributed by atoms with Gasteiger partial charge in [-0.1, -0.05) is 12.1 Å². The number of aliphatic hydroxyl groups is 1. The molecule has 0 saturated heterocycles. The van der Waals surface area contributed by atoms with Crippen molar-refractivity contribution >= 4 is 17.3 Å². The van der Waals surface area contributed by atoms with Crippen molar-refractivity contribution in [2.24, 2.45) is 0 Å². The minimum Gasteiger partial charge on any atom is -0.507 e. The first kappa shape index (κ1) is 19.7. The van der Waals surface area contributed by atoms with Crippen molar-refractivity contribution in [3.8, 4) is 17.6 Å². The summed E-state index contributed by atoms with van der Waals surface area (Å²) in [6.45, 7) is 3.08. The maximum Gasteiger partial charge on any atom is 0.224 e. The third-order valence-electron chi connectivity index (χ3n) is 3.88. The maximum atomic E-state index is 11.4. The van der Waals surface area contributed by atoms with Crippen molar-refractivity contribution in [1.82, 2.24) is 0 Å². The molecule has 0 aromatic heterocycles. The molecule has 0 radical (unpaired) electrons. The van der Waals surface area contributed by atoms with Crippen molar-refractivity contribution in [2.75, 3.05) is 7.11 Å². The molecule has 138 valence electrons. The lowest BCUT2D eigenvalue weighted by Crippen LogP contribution is -2.06. The summed E-state index contributed by atoms with van der Waals surface area (Å²) in [6, 6.07) is 12.1. The molecule has 0 atom stereocenters. The molecule has 0 spiro atoms. The fraction of sp³-hybridized carbons (Fsp3) is 0.190. The topological polar surface area (TPSA) is 96.6 Å². The van der Waals surface area contributed by atoms with Gasteiger partial charge >= 0.3 is 0 Å². The fourth-order valence-corrected chi connectivity index (χ4v) is 2.43. The number of hydrogen-bond acceptors (Lipinski definition) is 6. The van der Waals surface area contributed by atoms with Gasteiger partial charge in [-0.15, -0.1) is 0 Å². The average molecular weight is 365 g/mol. The normalized spacial score (nSPS) is 10.8. The number of aryl methyl sites for hydroxylation is 1. The van der Waals surface area contributed by atoms with E-state index in [-0.39, 0.29) is 12.4 Å². The quantitative estimate of drug-likeness (QED) is 0.458. The molecule has 0 saturated carbocycles. The SMILES string of the molecule is COc1cc(C)c(C#N)c(COc2cccc(C(O)=CC(=O)C(C)=O)c2)c1. The molecule has 0 bridgehead atoms. The van der Waals surface area contributed by atoms with Gasteiger partial charge in [0, 0.05) is 24.1 Å². The Bertz CT molecular complexity index is 954. The number of carbonyl (C=O) groups is 2. The van der Waals surface area contributed by atoms with Crippen LogP contribution in [0.5, 0.6) is 11.5 Å². The van der Waals surface area contributed by atoms with Gasteiger partial charge in [0.25, 0.3) is 0 Å². The van der Waals surface area contributed by atoms with Crippen molar-refractivity contribution in [3.05, 3.63) is 64.7 Å². The summed E-state index contributed by atoms with van der Waals surface area (Å²) in [6.07, 6.45) is 0.876. The Labute approximate surface area is 157 Å². The zero-order valence-electron chi connectivity index (χ0n) is 15.3. The van der Waals surface area contributed by atoms with Gasteiger partial charge in [-0.05, 0) is 36.8 Å². The van der Waals surface area contributed by atoms with E-state index in [0.717, 1.165) is 18.6 Å². The zero-order valence-corrected chi connectivity index (χ0v) is 15.3. The Balaban J connectivity index is 2.23. The molecule has 6 nitrogen and oxygen atoms in total. The molecule has 0 aliphatic rings. The van der Waals surface area contributed by atoms with Gasteiger partial charge < -0.3 is 14.6 Å². The van der Waals surface area contributed by atoms with Crippen LogP contribution < -0.4 is 9.47 Å². The highest BCUT2D eigenvalue weighted by Gasteiger charge is 2.11. The van der Waals surface area contributed by atoms with Gasteiger partial charge in [0.05, 0.1) is 18.7 Å². The number of rotatable bonds is 7. The number of ether oxygens (including phenoxy) is 2. The highest BCUT2D eigenvalue weighted by atomic mass is 16.5. The lowest BCUT2D eigenvalue weighted by molar-refractivity contribution is -0.132. The predicted molar refractivity (Wildman–Crippen MR) is 99.5 cm³/mol. The minimum atomic E-state index is -0.788. The lowest BCUT2D eigenvalue weighted by atomic mass is 10.0. The predicted octanol–water partition coefficient (Wildman–Crippen LogP) is 3.51. The van der Waals surface area contributed by atoms with Gasteiger partial charge in [0.15, 0.2) is 5.78 Å². The number of ketones is 2. The molecular formula is C21H19NO5. The fourth-order valence-electron chi connectivity index (χ4n) is 2.43. The van der Waals surface area contributed by atoms with Gasteiger partial charge in [0.1, 0.15) is 23.9 Å². The molecular weight excluding hydrogens is 346 g/mol. The molecule has 0 unspecified atom stereocenters. The standard InChI is InChI=1S/C21H19NO5/c1-13-7-18(26-3)9-16(19(13)11-22)12-27-17-6-4-5-15(8-17)21(25)10-20(24)14(2)23/h4-10,25H,12H2,1-3H3. The zero-order chi connectivity index (χ0) is 20.0. The second kappa shape index (κ2) is 8.68. The number of carbonyl (C=O) groups excluding carboxylic acids is 2. The van der Waals surface area contributed by atoms with Gasteiger partial charge in [-0.3, -0.25) is 9.59 Å². The Morgan fingerprint density at radius 3 is 2.59 bits per heavy atom. The average Bonchev–Trinajstić information content (AvgIpc) is 2.65. The number of allylic oxidation sites excluding steroid dienone is 1. The molecule has 0 aliphatic heterocycles. The van der Waals surface area contributed by atoms with E-state index in [0.29, 0.717) is 28.2 Å². The van der Waals surface area contributed by atoms with E-state index < -0.39 is 11.6 Å². The molecule has 2 aromatic carbocycles. The highest BCUT2D eigenvalue weighted by Crippen LogP contribution is 2.24. The first-order chi connectivity index (χ1) is 12.8. The van der Waals surface area contributed by atoms with Crippen molar-refractivity contribution in [2.45, 2.75) is 20.5 Å². The van der Waals surface area contributed by atoms with Gasteiger partial charge in [-0.2, -0.15) is 5.26 Å². The number of methoxy groups -OCH3 is 1. The summed E-state index contributed by atoms with van der Waals surface area (Å²) < 4.78 is 11.0. The molecule has 1 N–H and O–H groups in total. The van der Waals surface area contributed by atoms with Crippen LogP contribution in [0.2, 0.25) is 0 Å². The Hall–Kier alpha value is -3.59. The summed E-state index contributed by atoms with van der Waals surface area (Å²) in [4.78, 5) is 22.4. The molecule has 2 aromatic rings. The van der Waals surface area contributed by atoms with Crippen LogP contribution in [0, 0.1) is 18.3 Å². The number of aliphatic hydroxyl groups excluding tert-OH is 1. The van der Waals surface area contributed by atoms with E-state index >= 15 is 0 Å². The molecule has 0 heterocycles. The number of hydrogen-bond donors (Lipinski definition) is 1. The Morgan fingerprint density at radius 2 is 1.96 bits per heavy atom. The first-order valence-corrected chi connectivity index (χ1v) is 8.12. The van der Waals surface area contributed by atoms with E-state index in [1.165, 1.54) is 0 Å². The molecule has 2 rings (SSSR count). The van der Waals surface area contributed by atoms with Gasteiger partial charge in [-0.25, -0.2) is 0 Å². The van der Waals surface area contributed by atoms with E-state index in [1.54, 1.807) is 43.5 Å². The second-order valence-electron chi connectivity index (χ2n) is 5.86. The summed E-state index contributed by atoms with van der Waals surface area (Å²) in [5.74, 6) is -0.708. The molecule has 0 fully saturated rings. The molecule has 27 heavy (non-hydrogen) atoms. The molecule has 0 amide bonds. The number of Topliss-reactive ketones (excluding diaryl/α,β-unsaturated/α-hetero) is 1. The lowest BCUT2D eigenvalue weighted by Gasteiger charge is -2.12. The highest BCUT2D eigenvalue weighted by molar-refractivity contribution is 6.41. The van der Waals surface area contributed by atoms with Crippen molar-refractivity contribution in [1.29, 1.82) is 5.26 Å². The van der Waals surface area contributed by atoms with Crippen molar-refractivity contribution < 1.29 is 24.2 Å². The van der Waals surface area contributed by atoms with Crippen LogP contribution in [0.1, 0.15) is 29.2 Å². The van der Waals surface area contributed by atoms with Gasteiger partial charge in [0.2, 0.25) is 5.78 Å². The van der Waals surface area contributed by atoms with E-state index in [4.69, 9.17) is 9.47 Å². The minimum absolute atomic E-state index is 0.126. The molecule has 6 heteroatoms. The monoisotopic (exact) mass is 365 g/mol. The number of nitriles is 1. The number of nitrogens with zero attached hydrogens (tertiary/aromatic N) is 1. The van der Waals surface area contributed by atoms with Crippen LogP contribution in [0.3, 0.4) is 0 Å². The summed E-state index contributed by atoms with van der Waals surface area (Å²) >= 11 is 0. The second-order valence-corrected chi connectivity index (χ2v) is 5.86. The van der Waals surface area contributed by atoms with Crippen LogP contribution >= 0.6 is 0 Å². The van der Waals surface area contributed by atoms with E-state index in [1.807, 2.05) is 6.92 Å². The summed E-state index contributed by atoms with van der Waals surface area (Å²) in [7, 11) is 1.55. The van der Waals surface area contributed by atoms with E-state index in [2.05, 4.69) is 6.07 Å². The maximum absolute atomic E-state index is 11.4. The van der Waals surface area contributed by atoms with Crippen molar-refractivity contribution in [3.63, 3.8) is 0 Å². The van der Waals surface area contributed by atoms with Crippen LogP contribution in [-0.2, 0) is 16.2 Å². The third-order valence-corrected chi connectivity index (χ3v) is 3.88. The smallest absolute Gasteiger partial charge is 0.224 e. The Kier molecular flexibility index (Phi) is 6.34. The largest absolute Gasteiger partial charge is 0.507 e. The van der Waals surface area contributed by atoms with Crippen LogP contribution in [-0.4, -0.2) is 23.8 Å². The molecule has 0 aliphatic carbocycles. The third kappa shape index (κ3) is 4.95. The summed E-state index contributed by atoms with van der Waals surface area (Å²) in [5.41, 5.74) is 2.31. The van der Waals surface area contributed by atoms with Crippen LogP contribution in [0.25, 0.3) is 5.76 Å². The van der Waals surface area contributed by atoms with Crippen LogP contribution in [0.15, 0.2) is 42.5 Å². The van der Waals surface area contributed by atoms with E-state index in [9.17, 15) is 20.0 Å². The first-order valence-electron chi connectivity index (χ1n) is 8.12.